The highest BCUT2D eigenvalue weighted by atomic mass is 15.2. The molecule has 0 aromatic heterocycles. The fraction of sp³-hybridized carbons (Fsp3) is 1.00. The molecule has 1 saturated heterocycles. The fourth-order valence-electron chi connectivity index (χ4n) is 3.10. The molecule has 1 fully saturated rings. The molecule has 3 atom stereocenters. The molecule has 1 aliphatic rings. The molecule has 0 aliphatic carbocycles. The summed E-state index contributed by atoms with van der Waals surface area (Å²) >= 11 is 0. The second-order valence-electron chi connectivity index (χ2n) is 7.22. The van der Waals surface area contributed by atoms with Gasteiger partial charge in [0.25, 0.3) is 0 Å². The van der Waals surface area contributed by atoms with Gasteiger partial charge in [0.05, 0.1) is 0 Å². The zero-order chi connectivity index (χ0) is 13.1. The van der Waals surface area contributed by atoms with Gasteiger partial charge in [0.1, 0.15) is 0 Å². The summed E-state index contributed by atoms with van der Waals surface area (Å²) in [7, 11) is 0. The van der Waals surface area contributed by atoms with Crippen molar-refractivity contribution in [3.8, 4) is 0 Å². The molecule has 3 unspecified atom stereocenters. The summed E-state index contributed by atoms with van der Waals surface area (Å²) in [5, 5.41) is 0. The maximum Gasteiger partial charge on any atom is 0.00926 e. The summed E-state index contributed by atoms with van der Waals surface area (Å²) in [5.74, 6) is 1.50. The van der Waals surface area contributed by atoms with E-state index in [4.69, 9.17) is 5.73 Å². The molecule has 17 heavy (non-hydrogen) atoms. The van der Waals surface area contributed by atoms with Crippen molar-refractivity contribution in [3.63, 3.8) is 0 Å². The Labute approximate surface area is 108 Å². The number of hydrogen-bond donors (Lipinski definition) is 1. The standard InChI is InChI=1S/C15H32N2/c1-12-7-6-8-17(13(12)2)11-14(10-16)9-15(3,4)5/h12-14H,6-11,16H2,1-5H3. The molecule has 1 rings (SSSR count). The molecule has 0 radical (unpaired) electrons. The lowest BCUT2D eigenvalue weighted by Crippen LogP contribution is -2.46. The second-order valence-corrected chi connectivity index (χ2v) is 7.22. The number of hydrogen-bond acceptors (Lipinski definition) is 2. The van der Waals surface area contributed by atoms with Crippen molar-refractivity contribution in [2.24, 2.45) is 23.0 Å². The van der Waals surface area contributed by atoms with Gasteiger partial charge < -0.3 is 10.6 Å². The topological polar surface area (TPSA) is 29.3 Å². The van der Waals surface area contributed by atoms with Gasteiger partial charge in [-0.05, 0) is 56.5 Å². The number of piperidine rings is 1. The normalized spacial score (nSPS) is 29.3. The first kappa shape index (κ1) is 15.0. The number of nitrogens with zero attached hydrogens (tertiary/aromatic N) is 1. The van der Waals surface area contributed by atoms with Gasteiger partial charge in [-0.1, -0.05) is 27.7 Å². The van der Waals surface area contributed by atoms with Gasteiger partial charge in [-0.3, -0.25) is 0 Å². The molecule has 2 heteroatoms. The van der Waals surface area contributed by atoms with Crippen LogP contribution in [0.1, 0.15) is 53.9 Å². The molecule has 0 bridgehead atoms. The van der Waals surface area contributed by atoms with E-state index in [0.29, 0.717) is 11.3 Å². The number of likely N-dealkylation sites (tertiary alicyclic amines) is 1. The van der Waals surface area contributed by atoms with Gasteiger partial charge >= 0.3 is 0 Å². The summed E-state index contributed by atoms with van der Waals surface area (Å²) in [4.78, 5) is 2.66. The van der Waals surface area contributed by atoms with Gasteiger partial charge in [-0.25, -0.2) is 0 Å². The minimum absolute atomic E-state index is 0.397. The van der Waals surface area contributed by atoms with Gasteiger partial charge in [0.2, 0.25) is 0 Å². The van der Waals surface area contributed by atoms with E-state index in [2.05, 4.69) is 39.5 Å². The van der Waals surface area contributed by atoms with Crippen molar-refractivity contribution < 1.29 is 0 Å². The zero-order valence-corrected chi connectivity index (χ0v) is 12.5. The van der Waals surface area contributed by atoms with Crippen LogP contribution < -0.4 is 5.73 Å². The third kappa shape index (κ3) is 4.97. The molecule has 102 valence electrons. The Morgan fingerprint density at radius 1 is 1.29 bits per heavy atom. The lowest BCUT2D eigenvalue weighted by molar-refractivity contribution is 0.0870. The van der Waals surface area contributed by atoms with E-state index in [9.17, 15) is 0 Å². The summed E-state index contributed by atoms with van der Waals surface area (Å²) in [6, 6.07) is 0.734. The van der Waals surface area contributed by atoms with Crippen molar-refractivity contribution in [1.29, 1.82) is 0 Å². The molecule has 2 nitrogen and oxygen atoms in total. The van der Waals surface area contributed by atoms with E-state index in [1.165, 1.54) is 32.4 Å². The van der Waals surface area contributed by atoms with Gasteiger partial charge in [-0.15, -0.1) is 0 Å². The van der Waals surface area contributed by atoms with Crippen molar-refractivity contribution >= 4 is 0 Å². The second kappa shape index (κ2) is 6.19. The van der Waals surface area contributed by atoms with E-state index in [1.54, 1.807) is 0 Å². The Balaban J connectivity index is 2.49. The highest BCUT2D eigenvalue weighted by molar-refractivity contribution is 4.82. The highest BCUT2D eigenvalue weighted by Gasteiger charge is 2.27. The first-order chi connectivity index (χ1) is 7.83. The number of nitrogens with two attached hydrogens (primary N) is 1. The van der Waals surface area contributed by atoms with Crippen LogP contribution in [0.3, 0.4) is 0 Å². The molecular weight excluding hydrogens is 208 g/mol. The Bertz CT molecular complexity index is 219. The van der Waals surface area contributed by atoms with Crippen LogP contribution in [0.5, 0.6) is 0 Å². The Morgan fingerprint density at radius 3 is 2.47 bits per heavy atom. The van der Waals surface area contributed by atoms with Crippen molar-refractivity contribution in [3.05, 3.63) is 0 Å². The smallest absolute Gasteiger partial charge is 0.00926 e. The maximum absolute atomic E-state index is 5.95. The predicted octanol–water partition coefficient (Wildman–Crippen LogP) is 3.12. The third-order valence-electron chi connectivity index (χ3n) is 4.23. The van der Waals surface area contributed by atoms with Crippen LogP contribution in [0.15, 0.2) is 0 Å². The number of rotatable bonds is 4. The SMILES string of the molecule is CC1CCCN(CC(CN)CC(C)(C)C)C1C. The van der Waals surface area contributed by atoms with Crippen molar-refractivity contribution in [2.75, 3.05) is 19.6 Å². The predicted molar refractivity (Wildman–Crippen MR) is 76.0 cm³/mol. The average molecular weight is 240 g/mol. The summed E-state index contributed by atoms with van der Waals surface area (Å²) in [6.45, 7) is 15.0. The minimum Gasteiger partial charge on any atom is -0.330 e. The Kier molecular flexibility index (Phi) is 5.46. The molecular formula is C15H32N2. The Hall–Kier alpha value is -0.0800. The van der Waals surface area contributed by atoms with Crippen LogP contribution in [0.4, 0.5) is 0 Å². The fourth-order valence-corrected chi connectivity index (χ4v) is 3.10. The molecule has 0 spiro atoms. The van der Waals surface area contributed by atoms with E-state index in [0.717, 1.165) is 18.5 Å². The maximum atomic E-state index is 5.95. The van der Waals surface area contributed by atoms with Crippen molar-refractivity contribution in [1.82, 2.24) is 4.90 Å². The van der Waals surface area contributed by atoms with Gasteiger partial charge in [0, 0.05) is 12.6 Å². The highest BCUT2D eigenvalue weighted by Crippen LogP contribution is 2.28. The molecule has 1 aliphatic heterocycles. The van der Waals surface area contributed by atoms with E-state index >= 15 is 0 Å². The van der Waals surface area contributed by atoms with Crippen LogP contribution >= 0.6 is 0 Å². The third-order valence-corrected chi connectivity index (χ3v) is 4.23. The van der Waals surface area contributed by atoms with Crippen LogP contribution in [0.2, 0.25) is 0 Å². The van der Waals surface area contributed by atoms with Crippen LogP contribution in [0, 0.1) is 17.3 Å². The first-order valence-electron chi connectivity index (χ1n) is 7.27. The van der Waals surface area contributed by atoms with E-state index in [1.807, 2.05) is 0 Å². The zero-order valence-electron chi connectivity index (χ0n) is 12.5. The monoisotopic (exact) mass is 240 g/mol. The van der Waals surface area contributed by atoms with E-state index in [-0.39, 0.29) is 0 Å². The van der Waals surface area contributed by atoms with Gasteiger partial charge in [-0.2, -0.15) is 0 Å². The molecule has 0 aromatic rings. The van der Waals surface area contributed by atoms with Crippen LogP contribution in [0.25, 0.3) is 0 Å². The average Bonchev–Trinajstić information content (AvgIpc) is 2.21. The summed E-state index contributed by atoms with van der Waals surface area (Å²) in [5.41, 5.74) is 6.35. The summed E-state index contributed by atoms with van der Waals surface area (Å²) in [6.07, 6.45) is 3.99. The van der Waals surface area contributed by atoms with E-state index < -0.39 is 0 Å². The summed E-state index contributed by atoms with van der Waals surface area (Å²) < 4.78 is 0. The van der Waals surface area contributed by atoms with Gasteiger partial charge in [0.15, 0.2) is 0 Å². The lowest BCUT2D eigenvalue weighted by Gasteiger charge is -2.40. The molecule has 2 N–H and O–H groups in total. The molecule has 0 amide bonds. The molecule has 0 aromatic carbocycles. The first-order valence-corrected chi connectivity index (χ1v) is 7.27. The van der Waals surface area contributed by atoms with Crippen molar-refractivity contribution in [2.45, 2.75) is 59.9 Å². The van der Waals surface area contributed by atoms with Crippen LogP contribution in [-0.4, -0.2) is 30.6 Å². The largest absolute Gasteiger partial charge is 0.330 e. The minimum atomic E-state index is 0.397. The molecule has 0 saturated carbocycles. The Morgan fingerprint density at radius 2 is 1.94 bits per heavy atom. The lowest BCUT2D eigenvalue weighted by atomic mass is 9.83. The quantitative estimate of drug-likeness (QED) is 0.818. The molecule has 1 heterocycles. The van der Waals surface area contributed by atoms with Crippen LogP contribution in [-0.2, 0) is 0 Å².